The lowest BCUT2D eigenvalue weighted by molar-refractivity contribution is 0.0988. The van der Waals surface area contributed by atoms with Crippen LogP contribution in [0.4, 0.5) is 5.82 Å². The largest absolute Gasteiger partial charge is 0.497 e. The number of fused-ring (bicyclic) bond motifs is 2. The lowest BCUT2D eigenvalue weighted by Crippen LogP contribution is -2.29. The molecule has 4 nitrogen and oxygen atoms in total. The number of halogens is 1. The Labute approximate surface area is 148 Å². The van der Waals surface area contributed by atoms with Gasteiger partial charge in [0.1, 0.15) is 11.6 Å². The SMILES string of the molecule is COc1ccc2nc3c(cc2c1)CCN3C(=O)c1cccc(Br)c1. The van der Waals surface area contributed by atoms with Crippen LogP contribution < -0.4 is 9.64 Å². The van der Waals surface area contributed by atoms with Crippen molar-refractivity contribution in [2.75, 3.05) is 18.6 Å². The fourth-order valence-electron chi connectivity index (χ4n) is 3.05. The molecule has 120 valence electrons. The van der Waals surface area contributed by atoms with Crippen molar-refractivity contribution in [3.63, 3.8) is 0 Å². The highest BCUT2D eigenvalue weighted by Crippen LogP contribution is 2.32. The predicted molar refractivity (Wildman–Crippen MR) is 97.8 cm³/mol. The van der Waals surface area contributed by atoms with E-state index in [1.807, 2.05) is 42.5 Å². The summed E-state index contributed by atoms with van der Waals surface area (Å²) in [6.45, 7) is 0.654. The maximum absolute atomic E-state index is 12.8. The van der Waals surface area contributed by atoms with Crippen LogP contribution in [0.15, 0.2) is 53.0 Å². The first-order valence-corrected chi connectivity index (χ1v) is 8.50. The molecule has 0 saturated carbocycles. The third kappa shape index (κ3) is 2.55. The Bertz CT molecular complexity index is 955. The highest BCUT2D eigenvalue weighted by atomic mass is 79.9. The van der Waals surface area contributed by atoms with Crippen molar-refractivity contribution in [1.29, 1.82) is 0 Å². The molecule has 24 heavy (non-hydrogen) atoms. The average Bonchev–Trinajstić information content (AvgIpc) is 3.01. The van der Waals surface area contributed by atoms with E-state index in [1.54, 1.807) is 12.0 Å². The quantitative estimate of drug-likeness (QED) is 0.666. The van der Waals surface area contributed by atoms with E-state index >= 15 is 0 Å². The minimum Gasteiger partial charge on any atom is -0.497 e. The fraction of sp³-hybridized carbons (Fsp3) is 0.158. The Hall–Kier alpha value is -2.40. The molecule has 1 aliphatic heterocycles. The van der Waals surface area contributed by atoms with Crippen LogP contribution in [0.3, 0.4) is 0 Å². The first kappa shape index (κ1) is 15.1. The monoisotopic (exact) mass is 382 g/mol. The van der Waals surface area contributed by atoms with E-state index in [0.29, 0.717) is 12.1 Å². The Morgan fingerprint density at radius 2 is 2.08 bits per heavy atom. The molecule has 0 saturated heterocycles. The van der Waals surface area contributed by atoms with Gasteiger partial charge in [0, 0.05) is 22.0 Å². The van der Waals surface area contributed by atoms with Gasteiger partial charge in [-0.25, -0.2) is 4.98 Å². The number of hydrogen-bond acceptors (Lipinski definition) is 3. The van der Waals surface area contributed by atoms with Crippen molar-refractivity contribution in [3.05, 3.63) is 64.1 Å². The van der Waals surface area contributed by atoms with E-state index in [-0.39, 0.29) is 5.91 Å². The Balaban J connectivity index is 1.75. The second kappa shape index (κ2) is 5.91. The van der Waals surface area contributed by atoms with Gasteiger partial charge < -0.3 is 4.74 Å². The number of pyridine rings is 1. The van der Waals surface area contributed by atoms with Crippen molar-refractivity contribution in [2.45, 2.75) is 6.42 Å². The molecule has 0 unspecified atom stereocenters. The number of methoxy groups -OCH3 is 1. The molecule has 1 aromatic heterocycles. The minimum absolute atomic E-state index is 0.0181. The average molecular weight is 383 g/mol. The Morgan fingerprint density at radius 3 is 2.88 bits per heavy atom. The van der Waals surface area contributed by atoms with Gasteiger partial charge in [0.25, 0.3) is 5.91 Å². The van der Waals surface area contributed by atoms with Crippen LogP contribution in [0.5, 0.6) is 5.75 Å². The van der Waals surface area contributed by atoms with Gasteiger partial charge >= 0.3 is 0 Å². The molecule has 3 aromatic rings. The van der Waals surface area contributed by atoms with Gasteiger partial charge in [-0.3, -0.25) is 9.69 Å². The highest BCUT2D eigenvalue weighted by molar-refractivity contribution is 9.10. The van der Waals surface area contributed by atoms with Gasteiger partial charge in [0.05, 0.1) is 12.6 Å². The molecular formula is C19H15BrN2O2. The van der Waals surface area contributed by atoms with E-state index < -0.39 is 0 Å². The van der Waals surface area contributed by atoms with Crippen molar-refractivity contribution in [1.82, 2.24) is 4.98 Å². The summed E-state index contributed by atoms with van der Waals surface area (Å²) < 4.78 is 6.17. The van der Waals surface area contributed by atoms with Gasteiger partial charge in [-0.2, -0.15) is 0 Å². The first-order valence-electron chi connectivity index (χ1n) is 7.71. The molecular weight excluding hydrogens is 368 g/mol. The molecule has 0 radical (unpaired) electrons. The number of nitrogens with zero attached hydrogens (tertiary/aromatic N) is 2. The van der Waals surface area contributed by atoms with Gasteiger partial charge in [0.2, 0.25) is 0 Å². The molecule has 1 aliphatic rings. The number of hydrogen-bond donors (Lipinski definition) is 0. The third-order valence-corrected chi connectivity index (χ3v) is 4.75. The third-order valence-electron chi connectivity index (χ3n) is 4.26. The zero-order valence-electron chi connectivity index (χ0n) is 13.1. The van der Waals surface area contributed by atoms with Gasteiger partial charge in [-0.15, -0.1) is 0 Å². The van der Waals surface area contributed by atoms with E-state index in [9.17, 15) is 4.79 Å². The van der Waals surface area contributed by atoms with E-state index in [2.05, 4.69) is 22.0 Å². The molecule has 2 aromatic carbocycles. The molecule has 5 heteroatoms. The maximum atomic E-state index is 12.8. The van der Waals surface area contributed by atoms with Gasteiger partial charge in [-0.05, 0) is 54.4 Å². The number of rotatable bonds is 2. The minimum atomic E-state index is -0.0181. The lowest BCUT2D eigenvalue weighted by atomic mass is 10.1. The number of benzene rings is 2. The molecule has 0 aliphatic carbocycles. The molecule has 0 fully saturated rings. The summed E-state index contributed by atoms with van der Waals surface area (Å²) >= 11 is 3.42. The molecule has 4 rings (SSSR count). The summed E-state index contributed by atoms with van der Waals surface area (Å²) in [6.07, 6.45) is 0.815. The number of aromatic nitrogens is 1. The van der Waals surface area contributed by atoms with E-state index in [0.717, 1.165) is 38.9 Å². The van der Waals surface area contributed by atoms with Crippen molar-refractivity contribution in [2.24, 2.45) is 0 Å². The summed E-state index contributed by atoms with van der Waals surface area (Å²) in [7, 11) is 1.65. The number of carbonyl (C=O) groups excluding carboxylic acids is 1. The van der Waals surface area contributed by atoms with Crippen LogP contribution in [-0.2, 0) is 6.42 Å². The highest BCUT2D eigenvalue weighted by Gasteiger charge is 2.27. The van der Waals surface area contributed by atoms with Crippen LogP contribution in [0.25, 0.3) is 10.9 Å². The van der Waals surface area contributed by atoms with Crippen molar-refractivity contribution < 1.29 is 9.53 Å². The van der Waals surface area contributed by atoms with Crippen LogP contribution in [-0.4, -0.2) is 24.5 Å². The zero-order valence-corrected chi connectivity index (χ0v) is 14.7. The fourth-order valence-corrected chi connectivity index (χ4v) is 3.45. The second-order valence-electron chi connectivity index (χ2n) is 5.75. The van der Waals surface area contributed by atoms with Crippen LogP contribution in [0.1, 0.15) is 15.9 Å². The molecule has 0 bridgehead atoms. The smallest absolute Gasteiger partial charge is 0.259 e. The van der Waals surface area contributed by atoms with Gasteiger partial charge in [0.15, 0.2) is 0 Å². The lowest BCUT2D eigenvalue weighted by Gasteiger charge is -2.17. The summed E-state index contributed by atoms with van der Waals surface area (Å²) in [6, 6.07) is 15.3. The Kier molecular flexibility index (Phi) is 3.73. The summed E-state index contributed by atoms with van der Waals surface area (Å²) in [4.78, 5) is 19.3. The van der Waals surface area contributed by atoms with Gasteiger partial charge in [-0.1, -0.05) is 22.0 Å². The van der Waals surface area contributed by atoms with E-state index in [4.69, 9.17) is 9.72 Å². The first-order chi connectivity index (χ1) is 11.7. The predicted octanol–water partition coefficient (Wildman–Crippen LogP) is 4.21. The molecule has 0 spiro atoms. The molecule has 0 N–H and O–H groups in total. The number of carbonyl (C=O) groups is 1. The number of anilines is 1. The molecule has 0 atom stereocenters. The topological polar surface area (TPSA) is 42.4 Å². The second-order valence-corrected chi connectivity index (χ2v) is 6.66. The van der Waals surface area contributed by atoms with Crippen molar-refractivity contribution in [3.8, 4) is 5.75 Å². The number of amides is 1. The molecule has 2 heterocycles. The number of ether oxygens (including phenoxy) is 1. The standard InChI is InChI=1S/C19H15BrN2O2/c1-24-16-5-6-17-14(11-16)9-12-7-8-22(18(12)21-17)19(23)13-3-2-4-15(20)10-13/h2-6,9-11H,7-8H2,1H3. The Morgan fingerprint density at radius 1 is 1.21 bits per heavy atom. The van der Waals surface area contributed by atoms with E-state index in [1.165, 1.54) is 0 Å². The van der Waals surface area contributed by atoms with Crippen LogP contribution in [0.2, 0.25) is 0 Å². The zero-order chi connectivity index (χ0) is 16.7. The summed E-state index contributed by atoms with van der Waals surface area (Å²) in [5, 5.41) is 1.03. The van der Waals surface area contributed by atoms with Crippen LogP contribution >= 0.6 is 15.9 Å². The summed E-state index contributed by atoms with van der Waals surface area (Å²) in [5.74, 6) is 1.55. The molecule has 1 amide bonds. The maximum Gasteiger partial charge on any atom is 0.259 e. The van der Waals surface area contributed by atoms with Crippen LogP contribution in [0, 0.1) is 0 Å². The summed E-state index contributed by atoms with van der Waals surface area (Å²) in [5.41, 5.74) is 2.62. The normalized spacial score (nSPS) is 13.2. The van der Waals surface area contributed by atoms with Crippen molar-refractivity contribution >= 4 is 38.6 Å².